The Morgan fingerprint density at radius 3 is 2.16 bits per heavy atom. The molecular weight excluding hydrogens is 407 g/mol. The Balaban J connectivity index is 1.93. The van der Waals surface area contributed by atoms with Crippen molar-refractivity contribution >= 4 is 11.6 Å². The summed E-state index contributed by atoms with van der Waals surface area (Å²) in [4.78, 5) is 14.9. The number of Topliss-reactive ketones (excluding diaryl/α,β-unsaturated/α-hetero) is 1. The number of rotatable bonds is 5. The zero-order valence-corrected chi connectivity index (χ0v) is 20.0. The molecule has 0 saturated carbocycles. The first-order chi connectivity index (χ1) is 14.7. The summed E-state index contributed by atoms with van der Waals surface area (Å²) in [6.07, 6.45) is 0. The summed E-state index contributed by atoms with van der Waals surface area (Å²) in [5.41, 5.74) is 2.50. The quantitative estimate of drug-likeness (QED) is 0.598. The van der Waals surface area contributed by atoms with Crippen LogP contribution in [0.4, 0.5) is 4.39 Å². The molecule has 1 heterocycles. The number of ether oxygens (including phenoxy) is 1. The van der Waals surface area contributed by atoms with Crippen molar-refractivity contribution in [2.24, 2.45) is 0 Å². The third-order valence-corrected chi connectivity index (χ3v) is 5.77. The van der Waals surface area contributed by atoms with E-state index < -0.39 is 5.82 Å². The van der Waals surface area contributed by atoms with Crippen molar-refractivity contribution < 1.29 is 19.0 Å². The molecule has 2 N–H and O–H groups in total. The maximum atomic E-state index is 14.3. The third kappa shape index (κ3) is 4.50. The molecule has 6 heteroatoms. The number of nitrogens with zero attached hydrogens (tertiary/aromatic N) is 1. The van der Waals surface area contributed by atoms with Crippen molar-refractivity contribution in [3.63, 3.8) is 0 Å². The maximum Gasteiger partial charge on any atom is 0.182 e. The Bertz CT molecular complexity index is 1040. The minimum atomic E-state index is -0.508. The number of halogens is 1. The maximum absolute atomic E-state index is 14.3. The molecule has 1 aliphatic heterocycles. The van der Waals surface area contributed by atoms with Gasteiger partial charge < -0.3 is 14.7 Å². The van der Waals surface area contributed by atoms with Gasteiger partial charge in [0.05, 0.1) is 13.2 Å². The van der Waals surface area contributed by atoms with Crippen molar-refractivity contribution in [1.82, 2.24) is 4.90 Å². The lowest BCUT2D eigenvalue weighted by Gasteiger charge is -2.28. The summed E-state index contributed by atoms with van der Waals surface area (Å²) in [6.45, 7) is 14.5. The van der Waals surface area contributed by atoms with Crippen LogP contribution >= 0.6 is 0 Å². The summed E-state index contributed by atoms with van der Waals surface area (Å²) < 4.78 is 19.6. The van der Waals surface area contributed by atoms with E-state index in [1.807, 2.05) is 41.5 Å². The number of carbonyl (C=O) groups excluding carboxylic acids is 1. The predicted octanol–water partition coefficient (Wildman–Crippen LogP) is 5.55. The van der Waals surface area contributed by atoms with Crippen LogP contribution in [0.5, 0.6) is 11.5 Å². The van der Waals surface area contributed by atoms with Gasteiger partial charge in [0.15, 0.2) is 17.3 Å². The molecule has 0 spiro atoms. The Labute approximate surface area is 189 Å². The van der Waals surface area contributed by atoms with Crippen LogP contribution in [0.1, 0.15) is 81.1 Å². The summed E-state index contributed by atoms with van der Waals surface area (Å²) >= 11 is 0. The van der Waals surface area contributed by atoms with Crippen LogP contribution in [0.15, 0.2) is 24.3 Å². The third-order valence-electron chi connectivity index (χ3n) is 5.77. The largest absolute Gasteiger partial charge is 0.507 e. The van der Waals surface area contributed by atoms with Crippen LogP contribution < -0.4 is 4.74 Å². The minimum Gasteiger partial charge on any atom is -0.507 e. The summed E-state index contributed by atoms with van der Waals surface area (Å²) in [6, 6.07) is 6.44. The van der Waals surface area contributed by atoms with E-state index in [1.54, 1.807) is 30.0 Å². The summed E-state index contributed by atoms with van der Waals surface area (Å²) in [5.74, 6) is -0.144. The molecule has 32 heavy (non-hydrogen) atoms. The molecule has 1 aliphatic rings. The number of phenolic OH excluding ortho intramolecular Hbond substituents is 1. The number of aromatic hydroxyl groups is 1. The van der Waals surface area contributed by atoms with Gasteiger partial charge >= 0.3 is 0 Å². The monoisotopic (exact) mass is 440 g/mol. The van der Waals surface area contributed by atoms with Crippen LogP contribution in [0.25, 0.3) is 0 Å². The Hall–Kier alpha value is -2.89. The first kappa shape index (κ1) is 23.8. The molecule has 2 aromatic rings. The van der Waals surface area contributed by atoms with Crippen LogP contribution in [-0.4, -0.2) is 34.8 Å². The number of carbonyl (C=O) groups is 1. The molecule has 5 nitrogen and oxygen atoms in total. The smallest absolute Gasteiger partial charge is 0.182 e. The Kier molecular flexibility index (Phi) is 6.11. The first-order valence-electron chi connectivity index (χ1n) is 10.9. The highest BCUT2D eigenvalue weighted by Crippen LogP contribution is 2.40. The summed E-state index contributed by atoms with van der Waals surface area (Å²) in [5, 5.41) is 19.4. The number of hydrogen-bond acceptors (Lipinski definition) is 4. The molecule has 0 radical (unpaired) electrons. The molecule has 0 saturated heterocycles. The molecule has 0 fully saturated rings. The van der Waals surface area contributed by atoms with Crippen LogP contribution in [0.2, 0.25) is 0 Å². The first-order valence-corrected chi connectivity index (χ1v) is 10.9. The van der Waals surface area contributed by atoms with E-state index in [1.165, 1.54) is 6.07 Å². The average molecular weight is 441 g/mol. The zero-order valence-electron chi connectivity index (χ0n) is 20.0. The molecule has 0 aromatic heterocycles. The van der Waals surface area contributed by atoms with Crippen molar-refractivity contribution in [3.05, 3.63) is 57.9 Å². The number of nitrogens with one attached hydrogen (secondary N) is 1. The molecule has 0 unspecified atom stereocenters. The number of amidine groups is 1. The SMILES string of the molecule is CCOc1cc2c(cc1F)C(=N)N(CC(=O)c1cc(C(C)(C)C)c(O)c(C(C)(C)C)c1)C2. The van der Waals surface area contributed by atoms with Gasteiger partial charge in [-0.05, 0) is 47.6 Å². The Morgan fingerprint density at radius 1 is 1.09 bits per heavy atom. The highest BCUT2D eigenvalue weighted by Gasteiger charge is 2.31. The van der Waals surface area contributed by atoms with Crippen LogP contribution in [-0.2, 0) is 17.4 Å². The van der Waals surface area contributed by atoms with Gasteiger partial charge in [-0.25, -0.2) is 4.39 Å². The lowest BCUT2D eigenvalue weighted by Crippen LogP contribution is -2.30. The van der Waals surface area contributed by atoms with E-state index in [4.69, 9.17) is 10.1 Å². The van der Waals surface area contributed by atoms with Crippen molar-refractivity contribution in [3.8, 4) is 11.5 Å². The Morgan fingerprint density at radius 2 is 1.66 bits per heavy atom. The standard InChI is InChI=1S/C26H33FN2O3/c1-8-32-22-11-16-13-29(24(28)17(16)12-20(22)27)14-21(30)15-9-18(25(2,3)4)23(31)19(10-15)26(5,6)7/h9-12,28,31H,8,13-14H2,1-7H3. The molecule has 0 bridgehead atoms. The number of hydrogen-bond donors (Lipinski definition) is 2. The molecule has 0 aliphatic carbocycles. The van der Waals surface area contributed by atoms with Crippen molar-refractivity contribution in [1.29, 1.82) is 5.41 Å². The van der Waals surface area contributed by atoms with Gasteiger partial charge in [0.1, 0.15) is 11.6 Å². The van der Waals surface area contributed by atoms with E-state index >= 15 is 0 Å². The van der Waals surface area contributed by atoms with Gasteiger partial charge in [-0.2, -0.15) is 0 Å². The second-order valence-electron chi connectivity index (χ2n) is 10.4. The van der Waals surface area contributed by atoms with Crippen molar-refractivity contribution in [2.45, 2.75) is 65.8 Å². The number of fused-ring (bicyclic) bond motifs is 1. The van der Waals surface area contributed by atoms with E-state index in [2.05, 4.69) is 0 Å². The predicted molar refractivity (Wildman–Crippen MR) is 125 cm³/mol. The van der Waals surface area contributed by atoms with E-state index in [9.17, 15) is 14.3 Å². The van der Waals surface area contributed by atoms with Gasteiger partial charge in [-0.1, -0.05) is 41.5 Å². The molecule has 172 valence electrons. The fourth-order valence-electron chi connectivity index (χ4n) is 4.01. The fourth-order valence-corrected chi connectivity index (χ4v) is 4.01. The number of benzene rings is 2. The van der Waals surface area contributed by atoms with Crippen LogP contribution in [0, 0.1) is 11.2 Å². The van der Waals surface area contributed by atoms with Crippen LogP contribution in [0.3, 0.4) is 0 Å². The highest BCUT2D eigenvalue weighted by atomic mass is 19.1. The topological polar surface area (TPSA) is 73.6 Å². The van der Waals surface area contributed by atoms with Gasteiger partial charge in [0.25, 0.3) is 0 Å². The molecule has 3 rings (SSSR count). The minimum absolute atomic E-state index is 0.00293. The van der Waals surface area contributed by atoms with E-state index in [0.717, 1.165) is 16.7 Å². The van der Waals surface area contributed by atoms with Gasteiger partial charge in [0.2, 0.25) is 0 Å². The molecule has 2 aromatic carbocycles. The lowest BCUT2D eigenvalue weighted by atomic mass is 9.78. The fraction of sp³-hybridized carbons (Fsp3) is 0.462. The molecule has 0 atom stereocenters. The number of ketones is 1. The average Bonchev–Trinajstić information content (AvgIpc) is 2.95. The van der Waals surface area contributed by atoms with E-state index in [0.29, 0.717) is 24.3 Å². The highest BCUT2D eigenvalue weighted by molar-refractivity contribution is 6.05. The second kappa shape index (κ2) is 8.23. The normalized spacial score (nSPS) is 14.0. The van der Waals surface area contributed by atoms with Gasteiger partial charge in [0, 0.05) is 28.8 Å². The molecule has 0 amide bonds. The van der Waals surface area contributed by atoms with Gasteiger partial charge in [-0.3, -0.25) is 10.2 Å². The molecular formula is C26H33FN2O3. The zero-order chi connectivity index (χ0) is 24.0. The second-order valence-corrected chi connectivity index (χ2v) is 10.4. The summed E-state index contributed by atoms with van der Waals surface area (Å²) in [7, 11) is 0. The number of phenols is 1. The lowest BCUT2D eigenvalue weighted by molar-refractivity contribution is 0.0962. The van der Waals surface area contributed by atoms with E-state index in [-0.39, 0.29) is 40.5 Å². The van der Waals surface area contributed by atoms with Gasteiger partial charge in [-0.15, -0.1) is 0 Å². The van der Waals surface area contributed by atoms with Crippen molar-refractivity contribution in [2.75, 3.05) is 13.2 Å².